The Hall–Kier alpha value is -2.19. The highest BCUT2D eigenvalue weighted by molar-refractivity contribution is 5.96. The zero-order valence-corrected chi connectivity index (χ0v) is 18.8. The van der Waals surface area contributed by atoms with Gasteiger partial charge < -0.3 is 16.0 Å². The van der Waals surface area contributed by atoms with Gasteiger partial charge in [0.05, 0.1) is 11.4 Å². The average molecular weight is 459 g/mol. The molecule has 10 heteroatoms. The van der Waals surface area contributed by atoms with Crippen LogP contribution in [0.25, 0.3) is 10.9 Å². The normalized spacial score (nSPS) is 18.0. The Bertz CT molecular complexity index is 882. The van der Waals surface area contributed by atoms with Gasteiger partial charge in [0, 0.05) is 24.0 Å². The number of amidine groups is 1. The number of benzene rings is 1. The number of hydrogen-bond donors (Lipinski definition) is 4. The van der Waals surface area contributed by atoms with Crippen molar-refractivity contribution in [2.75, 3.05) is 18.5 Å². The standard InChI is InChI=1S/C20H27FN6O.2ClH/c1-12-7-8-15-14(11-12)18(27-19(25-15)20(28)23-10-9-21)26-17-6-4-3-5-16(17)24-13(2)22;;/h7-8,11,16-17H,3-6,9-10H2,1-2H3,(H2,22,24)(H,23,28)(H,25,26,27);2*1H/t16-,17+;;/m1../s1. The van der Waals surface area contributed by atoms with Crippen molar-refractivity contribution in [1.82, 2.24) is 20.6 Å². The lowest BCUT2D eigenvalue weighted by Gasteiger charge is -2.33. The van der Waals surface area contributed by atoms with Crippen LogP contribution in [0.3, 0.4) is 0 Å². The molecule has 2 aromatic rings. The van der Waals surface area contributed by atoms with Gasteiger partial charge in [-0.15, -0.1) is 24.8 Å². The summed E-state index contributed by atoms with van der Waals surface area (Å²) in [6, 6.07) is 6.01. The van der Waals surface area contributed by atoms with Crippen LogP contribution in [0.15, 0.2) is 18.2 Å². The van der Waals surface area contributed by atoms with E-state index in [1.807, 2.05) is 25.1 Å². The SMILES string of the molecule is CC(=N)N[C@@H]1CCCC[C@@H]1Nc1nc(C(=O)NCCF)nc2ccc(C)cc12.Cl.Cl. The minimum absolute atomic E-state index is 0. The summed E-state index contributed by atoms with van der Waals surface area (Å²) < 4.78 is 12.4. The van der Waals surface area contributed by atoms with E-state index in [1.54, 1.807) is 6.92 Å². The third-order valence-corrected chi connectivity index (χ3v) is 4.92. The van der Waals surface area contributed by atoms with E-state index in [2.05, 4.69) is 25.9 Å². The van der Waals surface area contributed by atoms with Crippen LogP contribution in [-0.4, -0.2) is 47.0 Å². The number of rotatable bonds is 6. The van der Waals surface area contributed by atoms with Crippen molar-refractivity contribution in [3.63, 3.8) is 0 Å². The van der Waals surface area contributed by atoms with Gasteiger partial charge in [0.1, 0.15) is 12.5 Å². The first-order valence-corrected chi connectivity index (χ1v) is 9.68. The topological polar surface area (TPSA) is 103 Å². The molecule has 1 saturated carbocycles. The molecule has 1 aromatic heterocycles. The van der Waals surface area contributed by atoms with E-state index in [4.69, 9.17) is 5.41 Å². The fraction of sp³-hybridized carbons (Fsp3) is 0.500. The predicted octanol–water partition coefficient (Wildman–Crippen LogP) is 3.79. The number of fused-ring (bicyclic) bond motifs is 1. The summed E-state index contributed by atoms with van der Waals surface area (Å²) in [4.78, 5) is 21.1. The fourth-order valence-corrected chi connectivity index (χ4v) is 3.62. The molecule has 3 rings (SSSR count). The molecule has 1 aliphatic rings. The number of hydrogen-bond acceptors (Lipinski definition) is 5. The number of anilines is 1. The molecule has 7 nitrogen and oxygen atoms in total. The number of carbonyl (C=O) groups is 1. The Morgan fingerprint density at radius 3 is 2.57 bits per heavy atom. The van der Waals surface area contributed by atoms with Crippen molar-refractivity contribution in [3.8, 4) is 0 Å². The fourth-order valence-electron chi connectivity index (χ4n) is 3.62. The van der Waals surface area contributed by atoms with E-state index in [0.717, 1.165) is 36.6 Å². The lowest BCUT2D eigenvalue weighted by molar-refractivity contribution is 0.0941. The molecule has 0 radical (unpaired) electrons. The Morgan fingerprint density at radius 1 is 1.20 bits per heavy atom. The zero-order chi connectivity index (χ0) is 20.1. The van der Waals surface area contributed by atoms with Crippen LogP contribution in [0.2, 0.25) is 0 Å². The highest BCUT2D eigenvalue weighted by Gasteiger charge is 2.26. The van der Waals surface area contributed by atoms with Crippen LogP contribution < -0.4 is 16.0 Å². The first-order valence-electron chi connectivity index (χ1n) is 9.68. The summed E-state index contributed by atoms with van der Waals surface area (Å²) in [5.74, 6) is 0.571. The second-order valence-corrected chi connectivity index (χ2v) is 7.27. The molecule has 1 aromatic carbocycles. The van der Waals surface area contributed by atoms with Gasteiger partial charge >= 0.3 is 0 Å². The van der Waals surface area contributed by atoms with Crippen molar-refractivity contribution in [1.29, 1.82) is 5.41 Å². The van der Waals surface area contributed by atoms with Crippen molar-refractivity contribution in [3.05, 3.63) is 29.6 Å². The van der Waals surface area contributed by atoms with Gasteiger partial charge in [0.25, 0.3) is 5.91 Å². The van der Waals surface area contributed by atoms with Crippen molar-refractivity contribution in [2.45, 2.75) is 51.6 Å². The number of carbonyl (C=O) groups excluding carboxylic acids is 1. The Kier molecular flexibility index (Phi) is 10.2. The summed E-state index contributed by atoms with van der Waals surface area (Å²) >= 11 is 0. The number of aryl methyl sites for hydroxylation is 1. The van der Waals surface area contributed by atoms with Crippen molar-refractivity contribution >= 4 is 53.3 Å². The minimum atomic E-state index is -0.637. The quantitative estimate of drug-likeness (QED) is 0.389. The Balaban J connectivity index is 0.00000225. The van der Waals surface area contributed by atoms with Crippen molar-refractivity contribution < 1.29 is 9.18 Å². The van der Waals surface area contributed by atoms with Gasteiger partial charge in [-0.1, -0.05) is 24.5 Å². The molecule has 2 atom stereocenters. The Morgan fingerprint density at radius 2 is 1.90 bits per heavy atom. The maximum atomic E-state index is 12.4. The van der Waals surface area contributed by atoms with E-state index in [0.29, 0.717) is 17.2 Å². The summed E-state index contributed by atoms with van der Waals surface area (Å²) in [5, 5.41) is 17.8. The largest absolute Gasteiger partial charge is 0.369 e. The predicted molar refractivity (Wildman–Crippen MR) is 123 cm³/mol. The number of halogens is 3. The third-order valence-electron chi connectivity index (χ3n) is 4.92. The first-order chi connectivity index (χ1) is 13.5. The maximum absolute atomic E-state index is 12.4. The van der Waals surface area contributed by atoms with Crippen LogP contribution in [0, 0.1) is 12.3 Å². The molecule has 1 amide bonds. The average Bonchev–Trinajstić information content (AvgIpc) is 2.67. The summed E-state index contributed by atoms with van der Waals surface area (Å²) in [6.45, 7) is 3.03. The smallest absolute Gasteiger partial charge is 0.289 e. The summed E-state index contributed by atoms with van der Waals surface area (Å²) in [7, 11) is 0. The molecule has 4 N–H and O–H groups in total. The number of nitrogens with one attached hydrogen (secondary N) is 4. The first kappa shape index (κ1) is 25.8. The number of aromatic nitrogens is 2. The van der Waals surface area contributed by atoms with E-state index in [-0.39, 0.29) is 49.3 Å². The second-order valence-electron chi connectivity index (χ2n) is 7.27. The van der Waals surface area contributed by atoms with E-state index in [1.165, 1.54) is 0 Å². The van der Waals surface area contributed by atoms with Crippen LogP contribution in [0.4, 0.5) is 10.2 Å². The van der Waals surface area contributed by atoms with Gasteiger partial charge in [-0.05, 0) is 38.8 Å². The van der Waals surface area contributed by atoms with Gasteiger partial charge in [-0.2, -0.15) is 0 Å². The van der Waals surface area contributed by atoms with Gasteiger partial charge in [0.2, 0.25) is 5.82 Å². The van der Waals surface area contributed by atoms with Crippen LogP contribution >= 0.6 is 24.8 Å². The lowest BCUT2D eigenvalue weighted by Crippen LogP contribution is -2.48. The van der Waals surface area contributed by atoms with Crippen molar-refractivity contribution in [2.24, 2.45) is 0 Å². The van der Waals surface area contributed by atoms with E-state index < -0.39 is 12.6 Å². The molecule has 1 aliphatic carbocycles. The molecular formula is C20H29Cl2FN6O. The lowest BCUT2D eigenvalue weighted by atomic mass is 9.90. The Labute approximate surface area is 188 Å². The highest BCUT2D eigenvalue weighted by Crippen LogP contribution is 2.27. The molecule has 0 aliphatic heterocycles. The molecule has 0 spiro atoms. The van der Waals surface area contributed by atoms with Gasteiger partial charge in [-0.3, -0.25) is 10.2 Å². The number of nitrogens with zero attached hydrogens (tertiary/aromatic N) is 2. The molecule has 1 heterocycles. The van der Waals surface area contributed by atoms with Crippen LogP contribution in [-0.2, 0) is 0 Å². The minimum Gasteiger partial charge on any atom is -0.369 e. The third kappa shape index (κ3) is 6.40. The molecule has 1 fully saturated rings. The van der Waals surface area contributed by atoms with Gasteiger partial charge in [0.15, 0.2) is 0 Å². The molecule has 0 bridgehead atoms. The van der Waals surface area contributed by atoms with Gasteiger partial charge in [-0.25, -0.2) is 14.4 Å². The second kappa shape index (κ2) is 11.9. The molecular weight excluding hydrogens is 430 g/mol. The number of alkyl halides is 1. The maximum Gasteiger partial charge on any atom is 0.289 e. The van der Waals surface area contributed by atoms with E-state index >= 15 is 0 Å². The number of amides is 1. The summed E-state index contributed by atoms with van der Waals surface area (Å²) in [5.41, 5.74) is 1.74. The molecule has 166 valence electrons. The monoisotopic (exact) mass is 458 g/mol. The molecule has 0 saturated heterocycles. The van der Waals surface area contributed by atoms with E-state index in [9.17, 15) is 9.18 Å². The molecule has 30 heavy (non-hydrogen) atoms. The highest BCUT2D eigenvalue weighted by atomic mass is 35.5. The van der Waals surface area contributed by atoms with Crippen LogP contribution in [0.1, 0.15) is 48.8 Å². The molecule has 0 unspecified atom stereocenters. The summed E-state index contributed by atoms with van der Waals surface area (Å²) in [6.07, 6.45) is 4.13. The zero-order valence-electron chi connectivity index (χ0n) is 17.1. The van der Waals surface area contributed by atoms with Crippen LogP contribution in [0.5, 0.6) is 0 Å².